The fourth-order valence-corrected chi connectivity index (χ4v) is 2.15. The number of hydrogen-bond acceptors (Lipinski definition) is 4. The normalized spacial score (nSPS) is 10.9. The van der Waals surface area contributed by atoms with Crippen LogP contribution in [-0.2, 0) is 6.42 Å². The number of ether oxygens (including phenoxy) is 3. The minimum atomic E-state index is 0. The van der Waals surface area contributed by atoms with Crippen molar-refractivity contribution in [3.8, 4) is 17.2 Å². The first kappa shape index (κ1) is 22.6. The smallest absolute Gasteiger partial charge is 0.190 e. The third-order valence-corrected chi connectivity index (χ3v) is 3.39. The monoisotopic (exact) mass is 451 g/mol. The van der Waals surface area contributed by atoms with E-state index in [2.05, 4.69) is 29.5 Å². The summed E-state index contributed by atoms with van der Waals surface area (Å²) in [5.41, 5.74) is 1.00. The second kappa shape index (κ2) is 12.0. The molecule has 6 nitrogen and oxygen atoms in total. The molecule has 0 bridgehead atoms. The largest absolute Gasteiger partial charge is 0.496 e. The first-order valence-corrected chi connectivity index (χ1v) is 7.79. The molecule has 0 heterocycles. The van der Waals surface area contributed by atoms with Crippen molar-refractivity contribution in [3.05, 3.63) is 17.7 Å². The summed E-state index contributed by atoms with van der Waals surface area (Å²) in [6, 6.07) is 3.73. The van der Waals surface area contributed by atoms with Crippen LogP contribution in [0.2, 0.25) is 0 Å². The van der Waals surface area contributed by atoms with E-state index in [1.54, 1.807) is 28.4 Å². The molecule has 1 aromatic rings. The molecule has 0 atom stereocenters. The van der Waals surface area contributed by atoms with Crippen LogP contribution in [0, 0.1) is 5.92 Å². The Balaban J connectivity index is 0.00000529. The van der Waals surface area contributed by atoms with Gasteiger partial charge in [-0.05, 0) is 12.3 Å². The van der Waals surface area contributed by atoms with Crippen LogP contribution in [0.3, 0.4) is 0 Å². The number of benzene rings is 1. The van der Waals surface area contributed by atoms with Gasteiger partial charge >= 0.3 is 0 Å². The zero-order chi connectivity index (χ0) is 17.2. The molecule has 0 amide bonds. The van der Waals surface area contributed by atoms with Gasteiger partial charge in [0.25, 0.3) is 0 Å². The Kier molecular flexibility index (Phi) is 11.4. The summed E-state index contributed by atoms with van der Waals surface area (Å²) in [7, 11) is 6.69. The maximum atomic E-state index is 5.46. The molecule has 7 heteroatoms. The Morgan fingerprint density at radius 2 is 1.62 bits per heavy atom. The van der Waals surface area contributed by atoms with E-state index in [1.807, 2.05) is 12.1 Å². The molecule has 138 valence electrons. The van der Waals surface area contributed by atoms with Crippen molar-refractivity contribution in [2.24, 2.45) is 10.9 Å². The van der Waals surface area contributed by atoms with Crippen LogP contribution in [0.1, 0.15) is 19.4 Å². The van der Waals surface area contributed by atoms with Crippen LogP contribution in [0.25, 0.3) is 0 Å². The van der Waals surface area contributed by atoms with Crippen LogP contribution in [-0.4, -0.2) is 47.4 Å². The van der Waals surface area contributed by atoms with Crippen molar-refractivity contribution in [2.45, 2.75) is 20.3 Å². The van der Waals surface area contributed by atoms with Gasteiger partial charge < -0.3 is 24.8 Å². The molecule has 1 aromatic carbocycles. The Hall–Kier alpha value is -1.38. The first-order valence-electron chi connectivity index (χ1n) is 7.79. The van der Waals surface area contributed by atoms with Gasteiger partial charge in [0.1, 0.15) is 17.2 Å². The van der Waals surface area contributed by atoms with Gasteiger partial charge in [-0.2, -0.15) is 0 Å². The van der Waals surface area contributed by atoms with E-state index in [9.17, 15) is 0 Å². The average Bonchev–Trinajstić information content (AvgIpc) is 2.57. The molecule has 0 fully saturated rings. The van der Waals surface area contributed by atoms with Crippen LogP contribution < -0.4 is 24.8 Å². The van der Waals surface area contributed by atoms with Gasteiger partial charge in [-0.3, -0.25) is 4.99 Å². The second-order valence-corrected chi connectivity index (χ2v) is 5.53. The highest BCUT2D eigenvalue weighted by Crippen LogP contribution is 2.34. The van der Waals surface area contributed by atoms with E-state index < -0.39 is 0 Å². The standard InChI is InChI=1S/C17H29N3O3.HI/c1-12(2)11-20-17(18-3)19-8-7-14-15(22-5)9-13(21-4)10-16(14)23-6;/h9-10,12H,7-8,11H2,1-6H3,(H2,18,19,20);1H. The molecule has 1 rings (SSSR count). The second-order valence-electron chi connectivity index (χ2n) is 5.53. The van der Waals surface area contributed by atoms with E-state index in [0.29, 0.717) is 11.7 Å². The number of guanidine groups is 1. The summed E-state index contributed by atoms with van der Waals surface area (Å²) in [5, 5.41) is 6.59. The van der Waals surface area contributed by atoms with Crippen LogP contribution >= 0.6 is 24.0 Å². The number of nitrogens with one attached hydrogen (secondary N) is 2. The molecule has 0 unspecified atom stereocenters. The Morgan fingerprint density at radius 1 is 1.04 bits per heavy atom. The third-order valence-electron chi connectivity index (χ3n) is 3.39. The number of rotatable bonds is 8. The van der Waals surface area contributed by atoms with Gasteiger partial charge in [0.15, 0.2) is 5.96 Å². The molecule has 0 radical (unpaired) electrons. The topological polar surface area (TPSA) is 64.1 Å². The highest BCUT2D eigenvalue weighted by atomic mass is 127. The molecule has 0 saturated heterocycles. The summed E-state index contributed by atoms with van der Waals surface area (Å²) in [6.45, 7) is 5.92. The van der Waals surface area contributed by atoms with Crippen molar-refractivity contribution in [2.75, 3.05) is 41.5 Å². The SMILES string of the molecule is CN=C(NCCc1c(OC)cc(OC)cc1OC)NCC(C)C.I. The predicted molar refractivity (Wildman–Crippen MR) is 109 cm³/mol. The zero-order valence-corrected chi connectivity index (χ0v) is 17.8. The summed E-state index contributed by atoms with van der Waals surface area (Å²) < 4.78 is 16.2. The minimum absolute atomic E-state index is 0. The van der Waals surface area contributed by atoms with Crippen molar-refractivity contribution >= 4 is 29.9 Å². The highest BCUT2D eigenvalue weighted by Gasteiger charge is 2.13. The van der Waals surface area contributed by atoms with Crippen LogP contribution in [0.15, 0.2) is 17.1 Å². The maximum absolute atomic E-state index is 5.46. The molecule has 0 aliphatic heterocycles. The lowest BCUT2D eigenvalue weighted by atomic mass is 10.1. The van der Waals surface area contributed by atoms with E-state index in [4.69, 9.17) is 14.2 Å². The molecular formula is C17H30IN3O3. The average molecular weight is 451 g/mol. The quantitative estimate of drug-likeness (QED) is 0.362. The summed E-state index contributed by atoms with van der Waals surface area (Å²) in [4.78, 5) is 4.22. The lowest BCUT2D eigenvalue weighted by Crippen LogP contribution is -2.39. The maximum Gasteiger partial charge on any atom is 0.190 e. The first-order chi connectivity index (χ1) is 11.0. The number of nitrogens with zero attached hydrogens (tertiary/aromatic N) is 1. The fraction of sp³-hybridized carbons (Fsp3) is 0.588. The van der Waals surface area contributed by atoms with Crippen LogP contribution in [0.4, 0.5) is 0 Å². The minimum Gasteiger partial charge on any atom is -0.496 e. The molecule has 0 spiro atoms. The lowest BCUT2D eigenvalue weighted by Gasteiger charge is -2.17. The molecule has 2 N–H and O–H groups in total. The van der Waals surface area contributed by atoms with Gasteiger partial charge in [-0.15, -0.1) is 24.0 Å². The fourth-order valence-electron chi connectivity index (χ4n) is 2.15. The van der Waals surface area contributed by atoms with Gasteiger partial charge in [-0.1, -0.05) is 13.8 Å². The lowest BCUT2D eigenvalue weighted by molar-refractivity contribution is 0.368. The Bertz CT molecular complexity index is 497. The van der Waals surface area contributed by atoms with Crippen LogP contribution in [0.5, 0.6) is 17.2 Å². The number of aliphatic imine (C=N–C) groups is 1. The Morgan fingerprint density at radius 3 is 2.04 bits per heavy atom. The summed E-state index contributed by atoms with van der Waals surface area (Å²) in [6.07, 6.45) is 0.749. The Labute approximate surface area is 162 Å². The zero-order valence-electron chi connectivity index (χ0n) is 15.4. The molecule has 0 aromatic heterocycles. The third kappa shape index (κ3) is 7.02. The summed E-state index contributed by atoms with van der Waals surface area (Å²) in [5.74, 6) is 3.59. The highest BCUT2D eigenvalue weighted by molar-refractivity contribution is 14.0. The van der Waals surface area contributed by atoms with Crippen molar-refractivity contribution in [1.82, 2.24) is 10.6 Å². The van der Waals surface area contributed by atoms with Gasteiger partial charge in [0, 0.05) is 37.8 Å². The van der Waals surface area contributed by atoms with Crippen molar-refractivity contribution < 1.29 is 14.2 Å². The van der Waals surface area contributed by atoms with E-state index in [-0.39, 0.29) is 24.0 Å². The van der Waals surface area contributed by atoms with Crippen molar-refractivity contribution in [3.63, 3.8) is 0 Å². The molecular weight excluding hydrogens is 421 g/mol. The van der Waals surface area contributed by atoms with E-state index in [0.717, 1.165) is 42.5 Å². The molecule has 24 heavy (non-hydrogen) atoms. The van der Waals surface area contributed by atoms with E-state index in [1.165, 1.54) is 0 Å². The number of hydrogen-bond donors (Lipinski definition) is 2. The van der Waals surface area contributed by atoms with Gasteiger partial charge in [0.2, 0.25) is 0 Å². The van der Waals surface area contributed by atoms with Gasteiger partial charge in [-0.25, -0.2) is 0 Å². The van der Waals surface area contributed by atoms with Gasteiger partial charge in [0.05, 0.1) is 21.3 Å². The molecule has 0 saturated carbocycles. The predicted octanol–water partition coefficient (Wildman–Crippen LogP) is 2.69. The summed E-state index contributed by atoms with van der Waals surface area (Å²) >= 11 is 0. The van der Waals surface area contributed by atoms with E-state index >= 15 is 0 Å². The number of methoxy groups -OCH3 is 3. The van der Waals surface area contributed by atoms with Crippen molar-refractivity contribution in [1.29, 1.82) is 0 Å². The molecule has 0 aliphatic carbocycles. The number of halogens is 1. The molecule has 0 aliphatic rings.